The van der Waals surface area contributed by atoms with Crippen molar-refractivity contribution in [1.29, 1.82) is 0 Å². The van der Waals surface area contributed by atoms with Gasteiger partial charge in [0, 0.05) is 74.4 Å². The highest BCUT2D eigenvalue weighted by Crippen LogP contribution is 2.39. The number of pyridine rings is 2. The lowest BCUT2D eigenvalue weighted by atomic mass is 10.0. The van der Waals surface area contributed by atoms with Crippen LogP contribution in [-0.2, 0) is 0 Å². The Bertz CT molecular complexity index is 3500. The molecule has 0 amide bonds. The fourth-order valence-corrected chi connectivity index (χ4v) is 9.01. The van der Waals surface area contributed by atoms with E-state index in [9.17, 15) is 0 Å². The molecule has 62 heavy (non-hydrogen) atoms. The van der Waals surface area contributed by atoms with Crippen LogP contribution in [0, 0.1) is 0 Å². The monoisotopic (exact) mass is 792 g/mol. The van der Waals surface area contributed by atoms with Crippen molar-refractivity contribution >= 4 is 43.6 Å². The van der Waals surface area contributed by atoms with Gasteiger partial charge in [-0.25, -0.2) is 9.97 Å². The summed E-state index contributed by atoms with van der Waals surface area (Å²) in [6.45, 7) is 0. The van der Waals surface area contributed by atoms with Crippen LogP contribution in [0.25, 0.3) is 111 Å². The van der Waals surface area contributed by atoms with Crippen LogP contribution in [0.2, 0.25) is 0 Å². The third kappa shape index (κ3) is 6.04. The number of para-hydroxylation sites is 3. The van der Waals surface area contributed by atoms with Gasteiger partial charge >= 0.3 is 0 Å². The zero-order valence-electron chi connectivity index (χ0n) is 33.5. The summed E-state index contributed by atoms with van der Waals surface area (Å²) in [5, 5.41) is 4.89. The van der Waals surface area contributed by atoms with Crippen molar-refractivity contribution in [3.8, 4) is 67.5 Å². The molecule has 0 bridgehead atoms. The van der Waals surface area contributed by atoms with E-state index in [-0.39, 0.29) is 0 Å². The lowest BCUT2D eigenvalue weighted by Crippen LogP contribution is -2.00. The SMILES string of the molecule is c1ccc(-c2ccc3c(c2)c2ccccc2n3-c2cc(-c3ccc(-c4cc(-c5ccncc5)nc(-c5ccncc5)n4)cc3)cc(-n3c4ccccc4c4ccccc43)c2)cc1. The van der Waals surface area contributed by atoms with Crippen LogP contribution < -0.4 is 0 Å². The highest BCUT2D eigenvalue weighted by atomic mass is 15.0. The number of aromatic nitrogens is 6. The van der Waals surface area contributed by atoms with Gasteiger partial charge in [-0.3, -0.25) is 9.97 Å². The van der Waals surface area contributed by atoms with E-state index in [4.69, 9.17) is 9.97 Å². The van der Waals surface area contributed by atoms with Crippen molar-refractivity contribution in [1.82, 2.24) is 29.1 Å². The summed E-state index contributed by atoms with van der Waals surface area (Å²) in [5.41, 5.74) is 16.0. The van der Waals surface area contributed by atoms with E-state index in [0.29, 0.717) is 5.82 Å². The predicted molar refractivity (Wildman–Crippen MR) is 253 cm³/mol. The number of hydrogen-bond donors (Lipinski definition) is 0. The molecule has 0 saturated carbocycles. The Hall–Kier alpha value is -8.48. The van der Waals surface area contributed by atoms with Crippen LogP contribution in [0.5, 0.6) is 0 Å². The van der Waals surface area contributed by atoms with E-state index in [1.54, 1.807) is 24.8 Å². The Labute approximate surface area is 357 Å². The Morgan fingerprint density at radius 3 is 1.29 bits per heavy atom. The van der Waals surface area contributed by atoms with E-state index < -0.39 is 0 Å². The van der Waals surface area contributed by atoms with Crippen molar-refractivity contribution in [2.75, 3.05) is 0 Å². The molecule has 5 heterocycles. The van der Waals surface area contributed by atoms with Crippen LogP contribution in [0.15, 0.2) is 219 Å². The molecule has 0 aliphatic rings. The third-order valence-corrected chi connectivity index (χ3v) is 11.9. The first-order valence-corrected chi connectivity index (χ1v) is 20.8. The molecule has 12 aromatic rings. The molecule has 0 saturated heterocycles. The maximum Gasteiger partial charge on any atom is 0.160 e. The summed E-state index contributed by atoms with van der Waals surface area (Å²) in [7, 11) is 0. The van der Waals surface area contributed by atoms with Gasteiger partial charge < -0.3 is 9.13 Å². The molecule has 0 radical (unpaired) electrons. The first kappa shape index (κ1) is 35.5. The highest BCUT2D eigenvalue weighted by molar-refractivity contribution is 6.11. The molecule has 5 aromatic heterocycles. The largest absolute Gasteiger partial charge is 0.309 e. The van der Waals surface area contributed by atoms with Crippen molar-refractivity contribution in [3.05, 3.63) is 219 Å². The minimum atomic E-state index is 0.645. The average Bonchev–Trinajstić information content (AvgIpc) is 3.87. The van der Waals surface area contributed by atoms with Crippen LogP contribution >= 0.6 is 0 Å². The summed E-state index contributed by atoms with van der Waals surface area (Å²) in [4.78, 5) is 18.5. The molecule has 0 aliphatic heterocycles. The molecule has 0 fully saturated rings. The van der Waals surface area contributed by atoms with Gasteiger partial charge in [-0.15, -0.1) is 0 Å². The first-order valence-electron chi connectivity index (χ1n) is 20.8. The molecule has 6 heteroatoms. The van der Waals surface area contributed by atoms with Gasteiger partial charge in [0.25, 0.3) is 0 Å². The average molecular weight is 793 g/mol. The van der Waals surface area contributed by atoms with Crippen molar-refractivity contribution < 1.29 is 0 Å². The maximum atomic E-state index is 5.08. The van der Waals surface area contributed by atoms with E-state index >= 15 is 0 Å². The standard InChI is InChI=1S/C56H36N6/c1-2-10-37(11-3-1)42-22-23-55-49(34-42)48-14-6-9-17-54(48)62(55)45-33-43(32-44(35-45)61-52-15-7-4-12-46(52)47-13-5-8-16-53(47)61)38-18-20-39(21-19-38)50-36-51(40-24-28-57-29-25-40)60-56(59-50)41-26-30-58-31-27-41/h1-36H. The predicted octanol–water partition coefficient (Wildman–Crippen LogP) is 13.8. The molecule has 6 nitrogen and oxygen atoms in total. The van der Waals surface area contributed by atoms with Crippen LogP contribution in [-0.4, -0.2) is 29.1 Å². The van der Waals surface area contributed by atoms with Crippen molar-refractivity contribution in [2.45, 2.75) is 0 Å². The van der Waals surface area contributed by atoms with Gasteiger partial charge in [-0.2, -0.15) is 0 Å². The van der Waals surface area contributed by atoms with Crippen molar-refractivity contribution in [2.24, 2.45) is 0 Å². The van der Waals surface area contributed by atoms with Gasteiger partial charge in [0.05, 0.1) is 33.5 Å². The lowest BCUT2D eigenvalue weighted by molar-refractivity contribution is 1.13. The number of fused-ring (bicyclic) bond motifs is 6. The minimum Gasteiger partial charge on any atom is -0.309 e. The molecule has 7 aromatic carbocycles. The molecule has 290 valence electrons. The highest BCUT2D eigenvalue weighted by Gasteiger charge is 2.18. The molecule has 0 N–H and O–H groups in total. The molecular formula is C56H36N6. The Morgan fingerprint density at radius 2 is 0.710 bits per heavy atom. The van der Waals surface area contributed by atoms with Crippen LogP contribution in [0.3, 0.4) is 0 Å². The summed E-state index contributed by atoms with van der Waals surface area (Å²) in [6.07, 6.45) is 7.13. The second-order valence-corrected chi connectivity index (χ2v) is 15.6. The molecule has 0 unspecified atom stereocenters. The summed E-state index contributed by atoms with van der Waals surface area (Å²) in [5.74, 6) is 0.645. The topological polar surface area (TPSA) is 61.4 Å². The molecule has 12 rings (SSSR count). The molecule has 0 atom stereocenters. The Balaban J connectivity index is 1.06. The Morgan fingerprint density at radius 1 is 0.274 bits per heavy atom. The quantitative estimate of drug-likeness (QED) is 0.161. The summed E-state index contributed by atoms with van der Waals surface area (Å²) < 4.78 is 4.84. The first-order chi connectivity index (χ1) is 30.7. The smallest absolute Gasteiger partial charge is 0.160 e. The van der Waals surface area contributed by atoms with Gasteiger partial charge in [0.15, 0.2) is 5.82 Å². The second kappa shape index (κ2) is 14.7. The van der Waals surface area contributed by atoms with E-state index in [2.05, 4.69) is 189 Å². The van der Waals surface area contributed by atoms with Gasteiger partial charge in [-0.1, -0.05) is 115 Å². The normalized spacial score (nSPS) is 11.5. The van der Waals surface area contributed by atoms with Crippen LogP contribution in [0.1, 0.15) is 0 Å². The van der Waals surface area contributed by atoms with Gasteiger partial charge in [0.2, 0.25) is 0 Å². The minimum absolute atomic E-state index is 0.645. The fourth-order valence-electron chi connectivity index (χ4n) is 9.01. The summed E-state index contributed by atoms with van der Waals surface area (Å²) >= 11 is 0. The number of benzene rings is 7. The zero-order chi connectivity index (χ0) is 41.0. The van der Waals surface area contributed by atoms with Crippen molar-refractivity contribution in [3.63, 3.8) is 0 Å². The second-order valence-electron chi connectivity index (χ2n) is 15.6. The number of nitrogens with zero attached hydrogens (tertiary/aromatic N) is 6. The Kier molecular flexibility index (Phi) is 8.38. The van der Waals surface area contributed by atoms with E-state index in [1.807, 2.05) is 24.3 Å². The number of hydrogen-bond acceptors (Lipinski definition) is 4. The van der Waals surface area contributed by atoms with E-state index in [0.717, 1.165) is 61.6 Å². The molecule has 0 aliphatic carbocycles. The third-order valence-electron chi connectivity index (χ3n) is 11.9. The molecule has 0 spiro atoms. The lowest BCUT2D eigenvalue weighted by Gasteiger charge is -2.16. The zero-order valence-corrected chi connectivity index (χ0v) is 33.5. The van der Waals surface area contributed by atoms with Crippen LogP contribution in [0.4, 0.5) is 0 Å². The number of rotatable bonds is 7. The van der Waals surface area contributed by atoms with E-state index in [1.165, 1.54) is 43.7 Å². The molecular weight excluding hydrogens is 757 g/mol. The fraction of sp³-hybridized carbons (Fsp3) is 0. The van der Waals surface area contributed by atoms with Gasteiger partial charge in [-0.05, 0) is 101 Å². The maximum absolute atomic E-state index is 5.08. The summed E-state index contributed by atoms with van der Waals surface area (Å²) in [6, 6.07) is 69.3. The van der Waals surface area contributed by atoms with Gasteiger partial charge in [0.1, 0.15) is 0 Å².